The zero-order chi connectivity index (χ0) is 29.7. The Morgan fingerprint density at radius 2 is 1.62 bits per heavy atom. The van der Waals surface area contributed by atoms with Crippen LogP contribution in [0.15, 0.2) is 91.0 Å². The number of ether oxygens (including phenoxy) is 2. The monoisotopic (exact) mass is 561 g/mol. The Labute approximate surface area is 248 Å². The second-order valence-corrected chi connectivity index (χ2v) is 11.6. The van der Waals surface area contributed by atoms with Crippen molar-refractivity contribution in [3.63, 3.8) is 0 Å². The Morgan fingerprint density at radius 3 is 2.33 bits per heavy atom. The second kappa shape index (κ2) is 12.5. The molecule has 0 aliphatic carbocycles. The Morgan fingerprint density at radius 1 is 0.905 bits per heavy atom. The predicted molar refractivity (Wildman–Crippen MR) is 170 cm³/mol. The maximum Gasteiger partial charge on any atom is 0.339 e. The Hall–Kier alpha value is -4.58. The number of aromatic nitrogens is 2. The van der Waals surface area contributed by atoms with E-state index in [0.29, 0.717) is 30.2 Å². The van der Waals surface area contributed by atoms with E-state index in [4.69, 9.17) is 20.2 Å². The summed E-state index contributed by atoms with van der Waals surface area (Å²) in [6.07, 6.45) is 2.98. The molecule has 1 aromatic heterocycles. The van der Waals surface area contributed by atoms with E-state index in [2.05, 4.69) is 35.8 Å². The predicted octanol–water partition coefficient (Wildman–Crippen LogP) is 8.21. The maximum atomic E-state index is 12.9. The van der Waals surface area contributed by atoms with Crippen LogP contribution in [0.4, 0.5) is 5.69 Å². The van der Waals surface area contributed by atoms with Crippen LogP contribution in [0, 0.1) is 0 Å². The molecule has 0 amide bonds. The van der Waals surface area contributed by atoms with Crippen LogP contribution < -0.4 is 10.5 Å². The molecule has 0 aliphatic rings. The number of hydrogen-bond acceptors (Lipinski definition) is 5. The van der Waals surface area contributed by atoms with Gasteiger partial charge >= 0.3 is 5.97 Å². The molecule has 6 heteroatoms. The van der Waals surface area contributed by atoms with Crippen molar-refractivity contribution in [2.45, 2.75) is 65.7 Å². The van der Waals surface area contributed by atoms with E-state index in [1.165, 1.54) is 0 Å². The lowest BCUT2D eigenvalue weighted by Crippen LogP contribution is -2.24. The number of aryl methyl sites for hydroxylation is 1. The van der Waals surface area contributed by atoms with Gasteiger partial charge in [0.25, 0.3) is 0 Å². The van der Waals surface area contributed by atoms with Gasteiger partial charge in [0.2, 0.25) is 0 Å². The fourth-order valence-electron chi connectivity index (χ4n) is 5.03. The van der Waals surface area contributed by atoms with Crippen molar-refractivity contribution < 1.29 is 14.3 Å². The van der Waals surface area contributed by atoms with Crippen molar-refractivity contribution in [1.29, 1.82) is 0 Å². The van der Waals surface area contributed by atoms with Crippen molar-refractivity contribution in [3.8, 4) is 16.9 Å². The molecule has 0 unspecified atom stereocenters. The molecule has 2 N–H and O–H groups in total. The van der Waals surface area contributed by atoms with Crippen molar-refractivity contribution in [2.75, 3.05) is 5.73 Å². The fraction of sp³-hybridized carbons (Fsp3) is 0.278. The van der Waals surface area contributed by atoms with E-state index in [9.17, 15) is 4.79 Å². The van der Waals surface area contributed by atoms with Gasteiger partial charge in [-0.05, 0) is 61.6 Å². The molecule has 0 atom stereocenters. The number of esters is 1. The minimum Gasteiger partial charge on any atom is -0.486 e. The summed E-state index contributed by atoms with van der Waals surface area (Å²) >= 11 is 0. The summed E-state index contributed by atoms with van der Waals surface area (Å²) in [4.78, 5) is 18.0. The number of nitrogens with zero attached hydrogens (tertiary/aromatic N) is 2. The highest BCUT2D eigenvalue weighted by Gasteiger charge is 2.21. The van der Waals surface area contributed by atoms with Crippen LogP contribution in [0.5, 0.6) is 5.75 Å². The van der Waals surface area contributed by atoms with Crippen LogP contribution in [-0.4, -0.2) is 21.1 Å². The summed E-state index contributed by atoms with van der Waals surface area (Å²) in [5.74, 6) is 1.39. The summed E-state index contributed by atoms with van der Waals surface area (Å²) in [7, 11) is 0. The Bertz CT molecular complexity index is 1670. The lowest BCUT2D eigenvalue weighted by atomic mass is 9.98. The first-order valence-corrected chi connectivity index (χ1v) is 14.6. The normalized spacial score (nSPS) is 11.5. The van der Waals surface area contributed by atoms with Crippen LogP contribution in [0.3, 0.4) is 0 Å². The van der Waals surface area contributed by atoms with Gasteiger partial charge in [0.1, 0.15) is 29.3 Å². The van der Waals surface area contributed by atoms with E-state index >= 15 is 0 Å². The molecule has 4 aromatic carbocycles. The van der Waals surface area contributed by atoms with Crippen LogP contribution in [0.1, 0.15) is 67.8 Å². The van der Waals surface area contributed by atoms with E-state index in [0.717, 1.165) is 58.4 Å². The molecule has 6 nitrogen and oxygen atoms in total. The molecular formula is C36H39N3O3. The summed E-state index contributed by atoms with van der Waals surface area (Å²) in [5.41, 5.74) is 12.8. The van der Waals surface area contributed by atoms with Gasteiger partial charge in [0.15, 0.2) is 0 Å². The molecule has 216 valence electrons. The van der Waals surface area contributed by atoms with E-state index in [1.807, 2.05) is 87.5 Å². The number of rotatable bonds is 10. The van der Waals surface area contributed by atoms with E-state index in [1.54, 1.807) is 0 Å². The summed E-state index contributed by atoms with van der Waals surface area (Å²) in [6, 6.07) is 29.9. The molecule has 0 spiro atoms. The van der Waals surface area contributed by atoms with Crippen molar-refractivity contribution in [1.82, 2.24) is 9.55 Å². The third-order valence-electron chi connectivity index (χ3n) is 7.06. The first kappa shape index (κ1) is 28.9. The number of carbonyl (C=O) groups is 1. The number of fused-ring (bicyclic) bond motifs is 1. The highest BCUT2D eigenvalue weighted by molar-refractivity contribution is 5.97. The maximum absolute atomic E-state index is 12.9. The van der Waals surface area contributed by atoms with Crippen molar-refractivity contribution in [2.24, 2.45) is 0 Å². The van der Waals surface area contributed by atoms with Gasteiger partial charge in [-0.15, -0.1) is 0 Å². The third-order valence-corrected chi connectivity index (χ3v) is 7.06. The number of hydrogen-bond donors (Lipinski definition) is 1. The first-order chi connectivity index (χ1) is 20.2. The van der Waals surface area contributed by atoms with Gasteiger partial charge in [0, 0.05) is 24.7 Å². The first-order valence-electron chi connectivity index (χ1n) is 14.6. The molecule has 0 saturated carbocycles. The zero-order valence-electron chi connectivity index (χ0n) is 24.9. The summed E-state index contributed by atoms with van der Waals surface area (Å²) in [6.45, 7) is 8.91. The van der Waals surface area contributed by atoms with Gasteiger partial charge in [-0.2, -0.15) is 0 Å². The molecule has 5 rings (SSSR count). The van der Waals surface area contributed by atoms with Crippen molar-refractivity contribution >= 4 is 22.7 Å². The van der Waals surface area contributed by atoms with Crippen LogP contribution in [-0.2, 0) is 24.3 Å². The third kappa shape index (κ3) is 6.82. The van der Waals surface area contributed by atoms with E-state index in [-0.39, 0.29) is 5.97 Å². The second-order valence-electron chi connectivity index (χ2n) is 11.6. The molecule has 0 bridgehead atoms. The van der Waals surface area contributed by atoms with Crippen LogP contribution >= 0.6 is 0 Å². The number of anilines is 1. The Kier molecular flexibility index (Phi) is 8.62. The number of imidazole rings is 1. The van der Waals surface area contributed by atoms with E-state index < -0.39 is 5.60 Å². The van der Waals surface area contributed by atoms with Gasteiger partial charge < -0.3 is 19.8 Å². The number of benzene rings is 4. The van der Waals surface area contributed by atoms with Gasteiger partial charge in [-0.3, -0.25) is 0 Å². The number of nitrogens with two attached hydrogens (primary N) is 1. The SMILES string of the molecule is CCCCc1nc2c(OCc3ccccc3)cc(N)cc2n1Cc1ccc(-c2ccccc2C(=O)OC(C)(C)C)cc1. The quantitative estimate of drug-likeness (QED) is 0.137. The standard InChI is InChI=1S/C36H39N3O3/c1-5-6-16-33-38-34-31(21-28(37)22-32(34)41-24-26-12-8-7-9-13-26)39(33)23-25-17-19-27(20-18-25)29-14-10-11-15-30(29)35(40)42-36(2,3)4/h7-15,17-22H,5-6,16,23-24,37H2,1-4H3. The lowest BCUT2D eigenvalue weighted by Gasteiger charge is -2.20. The smallest absolute Gasteiger partial charge is 0.339 e. The fourth-order valence-corrected chi connectivity index (χ4v) is 5.03. The molecular weight excluding hydrogens is 522 g/mol. The molecule has 0 radical (unpaired) electrons. The zero-order valence-corrected chi connectivity index (χ0v) is 24.9. The molecule has 0 saturated heterocycles. The highest BCUT2D eigenvalue weighted by Crippen LogP contribution is 2.32. The molecule has 5 aromatic rings. The summed E-state index contributed by atoms with van der Waals surface area (Å²) in [5, 5.41) is 0. The largest absolute Gasteiger partial charge is 0.486 e. The number of nitrogen functional groups attached to an aromatic ring is 1. The highest BCUT2D eigenvalue weighted by atomic mass is 16.6. The molecule has 42 heavy (non-hydrogen) atoms. The van der Waals surface area contributed by atoms with Gasteiger partial charge in [0.05, 0.1) is 11.1 Å². The van der Waals surface area contributed by atoms with Gasteiger partial charge in [-0.25, -0.2) is 9.78 Å². The average molecular weight is 562 g/mol. The molecule has 0 aliphatic heterocycles. The molecule has 0 fully saturated rings. The van der Waals surface area contributed by atoms with Gasteiger partial charge in [-0.1, -0.05) is 86.1 Å². The molecule has 1 heterocycles. The number of carbonyl (C=O) groups excluding carboxylic acids is 1. The average Bonchev–Trinajstić information content (AvgIpc) is 3.31. The number of unbranched alkanes of at least 4 members (excludes halogenated alkanes) is 1. The van der Waals surface area contributed by atoms with Crippen LogP contribution in [0.2, 0.25) is 0 Å². The van der Waals surface area contributed by atoms with Crippen LogP contribution in [0.25, 0.3) is 22.2 Å². The minimum atomic E-state index is -0.563. The Balaban J connectivity index is 1.45. The summed E-state index contributed by atoms with van der Waals surface area (Å²) < 4.78 is 14.1. The topological polar surface area (TPSA) is 79.4 Å². The lowest BCUT2D eigenvalue weighted by molar-refractivity contribution is 0.00704. The van der Waals surface area contributed by atoms with Crippen molar-refractivity contribution in [3.05, 3.63) is 114 Å². The minimum absolute atomic E-state index is 0.324.